The fraction of sp³-hybridized carbons (Fsp3) is 0.333. The molecule has 0 saturated carbocycles. The molecule has 0 bridgehead atoms. The van der Waals surface area contributed by atoms with Crippen molar-refractivity contribution < 1.29 is 4.79 Å². The van der Waals surface area contributed by atoms with Crippen LogP contribution >= 0.6 is 0 Å². The molecule has 2 rings (SSSR count). The minimum Gasteiger partial charge on any atom is -0.307 e. The molecule has 1 unspecified atom stereocenters. The number of H-pyrrole nitrogens is 1. The second-order valence-electron chi connectivity index (χ2n) is 3.48. The lowest BCUT2D eigenvalue weighted by atomic mass is 10.3. The van der Waals surface area contributed by atoms with Crippen molar-refractivity contribution in [1.29, 1.82) is 0 Å². The van der Waals surface area contributed by atoms with E-state index in [1.807, 2.05) is 6.92 Å². The Labute approximate surface area is 91.9 Å². The van der Waals surface area contributed by atoms with Crippen molar-refractivity contribution in [2.45, 2.75) is 19.9 Å². The van der Waals surface area contributed by atoms with Crippen LogP contribution in [0.4, 0.5) is 5.82 Å². The van der Waals surface area contributed by atoms with Crippen LogP contribution in [0.5, 0.6) is 0 Å². The Balaban J connectivity index is 2.03. The first kappa shape index (κ1) is 10.3. The molecule has 0 spiro atoms. The normalized spacial score (nSPS) is 12.4. The van der Waals surface area contributed by atoms with E-state index in [0.29, 0.717) is 5.82 Å². The van der Waals surface area contributed by atoms with Crippen molar-refractivity contribution in [3.8, 4) is 0 Å². The smallest absolute Gasteiger partial charge is 0.250 e. The summed E-state index contributed by atoms with van der Waals surface area (Å²) >= 11 is 0. The third-order valence-electron chi connectivity index (χ3n) is 2.17. The molecule has 7 nitrogen and oxygen atoms in total. The van der Waals surface area contributed by atoms with Gasteiger partial charge < -0.3 is 5.32 Å². The molecule has 84 valence electrons. The number of nitrogens with one attached hydrogen (secondary N) is 2. The molecule has 0 aliphatic rings. The number of hydrogen-bond acceptors (Lipinski definition) is 4. The highest BCUT2D eigenvalue weighted by Crippen LogP contribution is 2.08. The molecule has 1 amide bonds. The van der Waals surface area contributed by atoms with Gasteiger partial charge in [0.05, 0.1) is 0 Å². The lowest BCUT2D eigenvalue weighted by molar-refractivity contribution is -0.119. The topological polar surface area (TPSA) is 88.5 Å². The molecule has 1 atom stereocenters. The number of amides is 1. The SMILES string of the molecule is Cc1cc(NC(=O)C(C)n2cncn2)n[nH]1. The summed E-state index contributed by atoms with van der Waals surface area (Å²) in [6.07, 6.45) is 2.89. The zero-order valence-electron chi connectivity index (χ0n) is 9.01. The Morgan fingerprint density at radius 3 is 3.00 bits per heavy atom. The van der Waals surface area contributed by atoms with Crippen molar-refractivity contribution in [3.63, 3.8) is 0 Å². The average Bonchev–Trinajstić information content (AvgIpc) is 2.88. The van der Waals surface area contributed by atoms with Crippen molar-refractivity contribution in [1.82, 2.24) is 25.0 Å². The van der Waals surface area contributed by atoms with Crippen molar-refractivity contribution >= 4 is 11.7 Å². The van der Waals surface area contributed by atoms with E-state index in [1.165, 1.54) is 17.3 Å². The molecule has 0 aliphatic carbocycles. The van der Waals surface area contributed by atoms with Crippen LogP contribution in [0.25, 0.3) is 0 Å². The average molecular weight is 220 g/mol. The van der Waals surface area contributed by atoms with E-state index in [2.05, 4.69) is 25.6 Å². The van der Waals surface area contributed by atoms with Gasteiger partial charge in [-0.25, -0.2) is 9.67 Å². The Morgan fingerprint density at radius 2 is 2.44 bits per heavy atom. The van der Waals surface area contributed by atoms with Gasteiger partial charge in [-0.3, -0.25) is 9.89 Å². The second kappa shape index (κ2) is 4.13. The van der Waals surface area contributed by atoms with Gasteiger partial charge >= 0.3 is 0 Å². The third kappa shape index (κ3) is 2.08. The Hall–Kier alpha value is -2.18. The van der Waals surface area contributed by atoms with Gasteiger partial charge in [0.25, 0.3) is 0 Å². The molecule has 0 saturated heterocycles. The largest absolute Gasteiger partial charge is 0.307 e. The van der Waals surface area contributed by atoms with Gasteiger partial charge in [0.1, 0.15) is 18.7 Å². The minimum atomic E-state index is -0.417. The maximum Gasteiger partial charge on any atom is 0.250 e. The molecule has 2 N–H and O–H groups in total. The van der Waals surface area contributed by atoms with Gasteiger partial charge in [-0.15, -0.1) is 0 Å². The first-order valence-electron chi connectivity index (χ1n) is 4.84. The third-order valence-corrected chi connectivity index (χ3v) is 2.17. The Kier molecular flexibility index (Phi) is 2.67. The molecule has 16 heavy (non-hydrogen) atoms. The van der Waals surface area contributed by atoms with Crippen LogP contribution in [-0.2, 0) is 4.79 Å². The summed E-state index contributed by atoms with van der Waals surface area (Å²) in [5.41, 5.74) is 0.892. The van der Waals surface area contributed by atoms with Crippen molar-refractivity contribution in [2.75, 3.05) is 5.32 Å². The van der Waals surface area contributed by atoms with Crippen LogP contribution in [0.1, 0.15) is 18.7 Å². The molecule has 0 aliphatic heterocycles. The standard InChI is InChI=1S/C9H12N6O/c1-6-3-8(14-13-6)12-9(16)7(2)15-5-10-4-11-15/h3-5,7H,1-2H3,(H2,12,13,14,16). The first-order valence-corrected chi connectivity index (χ1v) is 4.84. The van der Waals surface area contributed by atoms with Crippen LogP contribution < -0.4 is 5.32 Å². The fourth-order valence-corrected chi connectivity index (χ4v) is 1.25. The number of anilines is 1. The molecule has 2 aromatic heterocycles. The fourth-order valence-electron chi connectivity index (χ4n) is 1.25. The van der Waals surface area contributed by atoms with E-state index in [9.17, 15) is 4.79 Å². The number of aromatic nitrogens is 5. The predicted octanol–water partition coefficient (Wildman–Crippen LogP) is 0.509. The molecule has 0 radical (unpaired) electrons. The molecule has 2 heterocycles. The monoisotopic (exact) mass is 220 g/mol. The molecule has 0 fully saturated rings. The van der Waals surface area contributed by atoms with Crippen molar-refractivity contribution in [2.24, 2.45) is 0 Å². The summed E-state index contributed by atoms with van der Waals surface area (Å²) in [6.45, 7) is 3.60. The summed E-state index contributed by atoms with van der Waals surface area (Å²) in [4.78, 5) is 15.6. The van der Waals surface area contributed by atoms with Crippen molar-refractivity contribution in [3.05, 3.63) is 24.4 Å². The van der Waals surface area contributed by atoms with Gasteiger partial charge in [-0.2, -0.15) is 10.2 Å². The lowest BCUT2D eigenvalue weighted by Gasteiger charge is -2.09. The van der Waals surface area contributed by atoms with E-state index in [1.54, 1.807) is 13.0 Å². The Bertz CT molecular complexity index is 474. The van der Waals surface area contributed by atoms with Crippen LogP contribution in [0.2, 0.25) is 0 Å². The predicted molar refractivity (Wildman–Crippen MR) is 56.7 cm³/mol. The van der Waals surface area contributed by atoms with Gasteiger partial charge in [0.2, 0.25) is 5.91 Å². The van der Waals surface area contributed by atoms with E-state index in [4.69, 9.17) is 0 Å². The molecule has 0 aromatic carbocycles. The number of carbonyl (C=O) groups excluding carboxylic acids is 1. The zero-order valence-corrected chi connectivity index (χ0v) is 9.01. The first-order chi connectivity index (χ1) is 7.66. The van der Waals surface area contributed by atoms with Crippen LogP contribution in [0.15, 0.2) is 18.7 Å². The van der Waals surface area contributed by atoms with E-state index in [0.717, 1.165) is 5.69 Å². The summed E-state index contributed by atoms with van der Waals surface area (Å²) in [5.74, 6) is 0.325. The van der Waals surface area contributed by atoms with Gasteiger partial charge in [0, 0.05) is 11.8 Å². The highest BCUT2D eigenvalue weighted by molar-refractivity contribution is 5.92. The molecular formula is C9H12N6O. The quantitative estimate of drug-likeness (QED) is 0.788. The molecule has 2 aromatic rings. The van der Waals surface area contributed by atoms with E-state index < -0.39 is 6.04 Å². The Morgan fingerprint density at radius 1 is 1.62 bits per heavy atom. The van der Waals surface area contributed by atoms with Gasteiger partial charge in [0.15, 0.2) is 5.82 Å². The van der Waals surface area contributed by atoms with Gasteiger partial charge in [-0.05, 0) is 13.8 Å². The summed E-state index contributed by atoms with van der Waals surface area (Å²) in [7, 11) is 0. The lowest BCUT2D eigenvalue weighted by Crippen LogP contribution is -2.24. The maximum atomic E-state index is 11.8. The second-order valence-corrected chi connectivity index (χ2v) is 3.48. The van der Waals surface area contributed by atoms with Crippen LogP contribution in [0, 0.1) is 6.92 Å². The number of aromatic amines is 1. The number of hydrogen-bond donors (Lipinski definition) is 2. The maximum absolute atomic E-state index is 11.8. The van der Waals surface area contributed by atoms with Crippen LogP contribution in [0.3, 0.4) is 0 Å². The summed E-state index contributed by atoms with van der Waals surface area (Å²) in [6, 6.07) is 1.34. The highest BCUT2D eigenvalue weighted by Gasteiger charge is 2.16. The number of rotatable bonds is 3. The number of nitrogens with zero attached hydrogens (tertiary/aromatic N) is 4. The number of aryl methyl sites for hydroxylation is 1. The summed E-state index contributed by atoms with van der Waals surface area (Å²) < 4.78 is 1.48. The number of carbonyl (C=O) groups is 1. The molecule has 7 heteroatoms. The van der Waals surface area contributed by atoms with E-state index >= 15 is 0 Å². The molecular weight excluding hydrogens is 208 g/mol. The minimum absolute atomic E-state index is 0.183. The summed E-state index contributed by atoms with van der Waals surface area (Å²) in [5, 5.41) is 13.2. The highest BCUT2D eigenvalue weighted by atomic mass is 16.2. The zero-order chi connectivity index (χ0) is 11.5. The van der Waals surface area contributed by atoms with Crippen LogP contribution in [-0.4, -0.2) is 30.9 Å². The van der Waals surface area contributed by atoms with E-state index in [-0.39, 0.29) is 5.91 Å². The van der Waals surface area contributed by atoms with Gasteiger partial charge in [-0.1, -0.05) is 0 Å².